The molecule has 1 amide bonds. The molecule has 1 aromatic carbocycles. The predicted octanol–water partition coefficient (Wildman–Crippen LogP) is 0.816. The number of rotatable bonds is 3. The second kappa shape index (κ2) is 5.03. The summed E-state index contributed by atoms with van der Waals surface area (Å²) in [6.07, 6.45) is 1.06. The van der Waals surface area contributed by atoms with Gasteiger partial charge in [0.25, 0.3) is 0 Å². The molecule has 6 heteroatoms. The lowest BCUT2D eigenvalue weighted by Gasteiger charge is -2.36. The van der Waals surface area contributed by atoms with Crippen LogP contribution in [0.3, 0.4) is 0 Å². The van der Waals surface area contributed by atoms with Crippen molar-refractivity contribution in [1.29, 1.82) is 0 Å². The lowest BCUT2D eigenvalue weighted by atomic mass is 10.1. The highest BCUT2D eigenvalue weighted by molar-refractivity contribution is 5.94. The van der Waals surface area contributed by atoms with Crippen molar-refractivity contribution in [1.82, 2.24) is 4.90 Å². The molecule has 6 nitrogen and oxygen atoms in total. The minimum Gasteiger partial charge on any atom is -0.489 e. The Morgan fingerprint density at radius 3 is 2.70 bits per heavy atom. The zero-order valence-corrected chi connectivity index (χ0v) is 11.0. The van der Waals surface area contributed by atoms with E-state index in [1.807, 2.05) is 9.80 Å². The van der Waals surface area contributed by atoms with Gasteiger partial charge in [-0.15, -0.1) is 0 Å². The van der Waals surface area contributed by atoms with Crippen molar-refractivity contribution >= 4 is 17.6 Å². The van der Waals surface area contributed by atoms with Crippen LogP contribution in [0.25, 0.3) is 0 Å². The van der Waals surface area contributed by atoms with Gasteiger partial charge >= 0.3 is 5.97 Å². The highest BCUT2D eigenvalue weighted by atomic mass is 16.5. The van der Waals surface area contributed by atoms with Crippen molar-refractivity contribution in [3.63, 3.8) is 0 Å². The lowest BCUT2D eigenvalue weighted by molar-refractivity contribution is -0.133. The smallest absolute Gasteiger partial charge is 0.339 e. The molecule has 20 heavy (non-hydrogen) atoms. The third-order valence-electron chi connectivity index (χ3n) is 3.71. The van der Waals surface area contributed by atoms with Gasteiger partial charge in [0.1, 0.15) is 12.2 Å². The first kappa shape index (κ1) is 12.8. The largest absolute Gasteiger partial charge is 0.489 e. The van der Waals surface area contributed by atoms with Crippen molar-refractivity contribution in [3.05, 3.63) is 23.8 Å². The van der Waals surface area contributed by atoms with E-state index in [1.165, 1.54) is 6.07 Å². The van der Waals surface area contributed by atoms with Gasteiger partial charge in [0.05, 0.1) is 18.8 Å². The van der Waals surface area contributed by atoms with Crippen LogP contribution in [-0.2, 0) is 4.79 Å². The second-order valence-corrected chi connectivity index (χ2v) is 4.96. The number of carboxylic acid groups (broad SMARTS) is 1. The Balaban J connectivity index is 1.84. The third kappa shape index (κ3) is 2.17. The fourth-order valence-electron chi connectivity index (χ4n) is 2.47. The Bertz CT molecular complexity index is 554. The molecular formula is C14H16N2O4. The number of nitrogens with zero attached hydrogens (tertiary/aromatic N) is 2. The van der Waals surface area contributed by atoms with E-state index < -0.39 is 5.97 Å². The van der Waals surface area contributed by atoms with Gasteiger partial charge in [0.15, 0.2) is 5.75 Å². The first-order valence-electron chi connectivity index (χ1n) is 6.68. The average Bonchev–Trinajstić information content (AvgIpc) is 2.36. The number of ether oxygens (including phenoxy) is 1. The van der Waals surface area contributed by atoms with Crippen molar-refractivity contribution in [2.45, 2.75) is 6.42 Å². The summed E-state index contributed by atoms with van der Waals surface area (Å²) in [4.78, 5) is 27.0. The van der Waals surface area contributed by atoms with Gasteiger partial charge in [-0.3, -0.25) is 4.79 Å². The molecule has 0 saturated carbocycles. The third-order valence-corrected chi connectivity index (χ3v) is 3.71. The maximum atomic E-state index is 12.0. The van der Waals surface area contributed by atoms with Crippen molar-refractivity contribution in [2.75, 3.05) is 37.7 Å². The van der Waals surface area contributed by atoms with E-state index in [1.54, 1.807) is 12.1 Å². The number of likely N-dealkylation sites (tertiary alicyclic amines) is 1. The normalized spacial score (nSPS) is 17.0. The molecule has 1 saturated heterocycles. The SMILES string of the molecule is O=C(O)c1cccc2c1OCCN2CC(=O)N1CCC1. The van der Waals surface area contributed by atoms with E-state index in [-0.39, 0.29) is 18.0 Å². The molecule has 0 radical (unpaired) electrons. The number of hydrogen-bond donors (Lipinski definition) is 1. The molecule has 2 aliphatic heterocycles. The Morgan fingerprint density at radius 2 is 2.05 bits per heavy atom. The number of aromatic carboxylic acids is 1. The number of benzene rings is 1. The van der Waals surface area contributed by atoms with E-state index in [9.17, 15) is 14.7 Å². The molecule has 2 aliphatic rings. The molecule has 0 atom stereocenters. The van der Waals surface area contributed by atoms with E-state index in [4.69, 9.17) is 4.74 Å². The van der Waals surface area contributed by atoms with Crippen LogP contribution in [-0.4, -0.2) is 54.7 Å². The van der Waals surface area contributed by atoms with Crippen LogP contribution in [0.2, 0.25) is 0 Å². The maximum absolute atomic E-state index is 12.0. The molecule has 0 unspecified atom stereocenters. The Hall–Kier alpha value is -2.24. The number of fused-ring (bicyclic) bond motifs is 1. The fourth-order valence-corrected chi connectivity index (χ4v) is 2.47. The quantitative estimate of drug-likeness (QED) is 0.885. The molecule has 0 bridgehead atoms. The zero-order valence-electron chi connectivity index (χ0n) is 11.0. The van der Waals surface area contributed by atoms with Crippen LogP contribution in [0.5, 0.6) is 5.75 Å². The van der Waals surface area contributed by atoms with Crippen molar-refractivity contribution in [2.24, 2.45) is 0 Å². The predicted molar refractivity (Wildman–Crippen MR) is 72.3 cm³/mol. The maximum Gasteiger partial charge on any atom is 0.339 e. The highest BCUT2D eigenvalue weighted by Crippen LogP contribution is 2.34. The average molecular weight is 276 g/mol. The summed E-state index contributed by atoms with van der Waals surface area (Å²) in [7, 11) is 0. The van der Waals surface area contributed by atoms with Crippen LogP contribution in [0.1, 0.15) is 16.8 Å². The van der Waals surface area contributed by atoms with E-state index in [0.717, 1.165) is 19.5 Å². The minimum absolute atomic E-state index is 0.0878. The van der Waals surface area contributed by atoms with Gasteiger partial charge in [-0.1, -0.05) is 6.07 Å². The number of para-hydroxylation sites is 1. The van der Waals surface area contributed by atoms with Crippen LogP contribution >= 0.6 is 0 Å². The Kier molecular flexibility index (Phi) is 3.22. The molecule has 3 rings (SSSR count). The summed E-state index contributed by atoms with van der Waals surface area (Å²) >= 11 is 0. The number of carbonyl (C=O) groups is 2. The molecule has 1 aromatic rings. The molecule has 0 aromatic heterocycles. The summed E-state index contributed by atoms with van der Waals surface area (Å²) in [6.45, 7) is 2.91. The first-order chi connectivity index (χ1) is 9.66. The molecule has 0 aliphatic carbocycles. The number of anilines is 1. The fraction of sp³-hybridized carbons (Fsp3) is 0.429. The number of amides is 1. The second-order valence-electron chi connectivity index (χ2n) is 4.96. The van der Waals surface area contributed by atoms with E-state index >= 15 is 0 Å². The van der Waals surface area contributed by atoms with Gasteiger partial charge in [-0.25, -0.2) is 4.79 Å². The van der Waals surface area contributed by atoms with Crippen molar-refractivity contribution < 1.29 is 19.4 Å². The van der Waals surface area contributed by atoms with E-state index in [2.05, 4.69) is 0 Å². The number of hydrogen-bond acceptors (Lipinski definition) is 4. The first-order valence-corrected chi connectivity index (χ1v) is 6.68. The molecular weight excluding hydrogens is 260 g/mol. The van der Waals surface area contributed by atoms with Crippen LogP contribution < -0.4 is 9.64 Å². The van der Waals surface area contributed by atoms with Crippen LogP contribution in [0.4, 0.5) is 5.69 Å². The van der Waals surface area contributed by atoms with Gasteiger partial charge in [0, 0.05) is 13.1 Å². The van der Waals surface area contributed by atoms with Gasteiger partial charge < -0.3 is 19.6 Å². The molecule has 0 spiro atoms. The summed E-state index contributed by atoms with van der Waals surface area (Å²) in [5.74, 6) is -0.565. The summed E-state index contributed by atoms with van der Waals surface area (Å²) < 4.78 is 5.48. The molecule has 2 heterocycles. The lowest BCUT2D eigenvalue weighted by Crippen LogP contribution is -2.48. The Morgan fingerprint density at radius 1 is 1.25 bits per heavy atom. The van der Waals surface area contributed by atoms with Crippen LogP contribution in [0.15, 0.2) is 18.2 Å². The minimum atomic E-state index is -1.02. The number of carboxylic acids is 1. The molecule has 1 fully saturated rings. The Labute approximate surface area is 116 Å². The molecule has 106 valence electrons. The monoisotopic (exact) mass is 276 g/mol. The summed E-state index contributed by atoms with van der Waals surface area (Å²) in [5.41, 5.74) is 0.827. The molecule has 1 N–H and O–H groups in total. The summed E-state index contributed by atoms with van der Waals surface area (Å²) in [5, 5.41) is 9.17. The van der Waals surface area contributed by atoms with Crippen LogP contribution in [0, 0.1) is 0 Å². The van der Waals surface area contributed by atoms with Gasteiger partial charge in [-0.2, -0.15) is 0 Å². The van der Waals surface area contributed by atoms with Crippen molar-refractivity contribution in [3.8, 4) is 5.75 Å². The summed E-state index contributed by atoms with van der Waals surface area (Å²) in [6, 6.07) is 4.99. The zero-order chi connectivity index (χ0) is 14.1. The standard InChI is InChI=1S/C14H16N2O4/c17-12(15-5-2-6-15)9-16-7-8-20-13-10(14(18)19)3-1-4-11(13)16/h1,3-4H,2,5-9H2,(H,18,19). The van der Waals surface area contributed by atoms with Gasteiger partial charge in [0.2, 0.25) is 5.91 Å². The topological polar surface area (TPSA) is 70.1 Å². The highest BCUT2D eigenvalue weighted by Gasteiger charge is 2.27. The van der Waals surface area contributed by atoms with E-state index in [0.29, 0.717) is 24.6 Å². The van der Waals surface area contributed by atoms with Gasteiger partial charge in [-0.05, 0) is 18.6 Å². The number of carbonyl (C=O) groups excluding carboxylic acids is 1.